The molecular formula is C7H3Cl2F5. The van der Waals surface area contributed by atoms with E-state index in [0.29, 0.717) is 12.2 Å². The zero-order valence-electron chi connectivity index (χ0n) is 6.38. The summed E-state index contributed by atoms with van der Waals surface area (Å²) in [4.78, 5) is 0. The highest BCUT2D eigenvalue weighted by Crippen LogP contribution is 2.49. The maximum atomic E-state index is 13.2. The topological polar surface area (TPSA) is 0 Å². The summed E-state index contributed by atoms with van der Waals surface area (Å²) in [6.07, 6.45) is -4.16. The highest BCUT2D eigenvalue weighted by molar-refractivity contribution is 6.39. The Balaban J connectivity index is 3.14. The third-order valence-corrected chi connectivity index (χ3v) is 2.66. The summed E-state index contributed by atoms with van der Waals surface area (Å²) in [5, 5.41) is -4.73. The zero-order valence-corrected chi connectivity index (χ0v) is 7.89. The number of hydrogen-bond acceptors (Lipinski definition) is 0. The van der Waals surface area contributed by atoms with Gasteiger partial charge in [-0.15, -0.1) is 0 Å². The van der Waals surface area contributed by atoms with E-state index in [9.17, 15) is 22.0 Å². The van der Waals surface area contributed by atoms with E-state index in [1.807, 2.05) is 0 Å². The van der Waals surface area contributed by atoms with Crippen LogP contribution < -0.4 is 0 Å². The molecular weight excluding hydrogens is 250 g/mol. The van der Waals surface area contributed by atoms with Crippen molar-refractivity contribution in [2.45, 2.75) is 11.3 Å². The smallest absolute Gasteiger partial charge is 0.219 e. The lowest BCUT2D eigenvalue weighted by Crippen LogP contribution is -2.39. The van der Waals surface area contributed by atoms with Crippen molar-refractivity contribution < 1.29 is 22.0 Å². The van der Waals surface area contributed by atoms with Crippen LogP contribution in [0.4, 0.5) is 22.0 Å². The van der Waals surface area contributed by atoms with Gasteiger partial charge in [0, 0.05) is 0 Å². The number of hydrogen-bond donors (Lipinski definition) is 0. The second kappa shape index (κ2) is 3.38. The number of halogens is 7. The molecule has 14 heavy (non-hydrogen) atoms. The third-order valence-electron chi connectivity index (χ3n) is 1.68. The molecule has 0 amide bonds. The fourth-order valence-corrected chi connectivity index (χ4v) is 1.45. The average molecular weight is 253 g/mol. The fourth-order valence-electron chi connectivity index (χ4n) is 0.985. The van der Waals surface area contributed by atoms with Crippen LogP contribution in [-0.2, 0) is 0 Å². The van der Waals surface area contributed by atoms with Crippen molar-refractivity contribution in [3.63, 3.8) is 0 Å². The van der Waals surface area contributed by atoms with E-state index in [1.54, 1.807) is 0 Å². The van der Waals surface area contributed by atoms with Gasteiger partial charge < -0.3 is 0 Å². The Morgan fingerprint density at radius 2 is 1.86 bits per heavy atom. The Morgan fingerprint density at radius 3 is 2.29 bits per heavy atom. The monoisotopic (exact) mass is 252 g/mol. The van der Waals surface area contributed by atoms with Gasteiger partial charge in [0.25, 0.3) is 0 Å². The van der Waals surface area contributed by atoms with E-state index in [4.69, 9.17) is 23.2 Å². The van der Waals surface area contributed by atoms with Crippen molar-refractivity contribution >= 4 is 23.2 Å². The van der Waals surface area contributed by atoms with Crippen molar-refractivity contribution in [2.75, 3.05) is 0 Å². The van der Waals surface area contributed by atoms with Crippen LogP contribution in [0.1, 0.15) is 0 Å². The normalized spacial score (nSPS) is 33.8. The minimum Gasteiger partial charge on any atom is -0.219 e. The van der Waals surface area contributed by atoms with E-state index in [1.165, 1.54) is 0 Å². The molecule has 1 aliphatic rings. The summed E-state index contributed by atoms with van der Waals surface area (Å²) in [6.45, 7) is 0. The molecule has 0 saturated carbocycles. The second-order valence-corrected chi connectivity index (χ2v) is 3.59. The first kappa shape index (κ1) is 11.8. The summed E-state index contributed by atoms with van der Waals surface area (Å²) in [5.41, 5.74) is 0. The molecule has 0 bridgehead atoms. The van der Waals surface area contributed by atoms with Gasteiger partial charge in [0.15, 0.2) is 0 Å². The van der Waals surface area contributed by atoms with Gasteiger partial charge in [-0.25, -0.2) is 8.78 Å². The van der Waals surface area contributed by atoms with Crippen molar-refractivity contribution in [3.05, 3.63) is 23.0 Å². The molecule has 0 aromatic rings. The Kier molecular flexibility index (Phi) is 2.84. The van der Waals surface area contributed by atoms with Gasteiger partial charge in [0.2, 0.25) is 5.13 Å². The van der Waals surface area contributed by atoms with E-state index in [2.05, 4.69) is 0 Å². The molecule has 0 saturated heterocycles. The second-order valence-electron chi connectivity index (χ2n) is 2.66. The van der Waals surface area contributed by atoms with Gasteiger partial charge in [0.1, 0.15) is 16.8 Å². The van der Waals surface area contributed by atoms with Crippen LogP contribution in [0, 0.1) is 5.92 Å². The first-order chi connectivity index (χ1) is 6.17. The lowest BCUT2D eigenvalue weighted by Gasteiger charge is -2.29. The predicted octanol–water partition coefficient (Wildman–Crippen LogP) is 4.06. The Morgan fingerprint density at radius 1 is 1.36 bits per heavy atom. The van der Waals surface area contributed by atoms with Gasteiger partial charge in [0.05, 0.1) is 0 Å². The summed E-state index contributed by atoms with van der Waals surface area (Å²) < 4.78 is 62.3. The molecule has 7 heteroatoms. The van der Waals surface area contributed by atoms with Crippen LogP contribution in [0.25, 0.3) is 0 Å². The maximum absolute atomic E-state index is 13.2. The van der Waals surface area contributed by atoms with E-state index in [-0.39, 0.29) is 0 Å². The minimum atomic E-state index is -4.91. The summed E-state index contributed by atoms with van der Waals surface area (Å²) >= 11 is 9.91. The molecule has 0 N–H and O–H groups in total. The standard InChI is InChI=1S/C7H3Cl2F5/c8-5-3(10)1-2-4(6(5,9)11)7(12,13)14/h1-2,4H. The largest absolute Gasteiger partial charge is 0.399 e. The lowest BCUT2D eigenvalue weighted by molar-refractivity contribution is -0.177. The van der Waals surface area contributed by atoms with Gasteiger partial charge in [-0.05, 0) is 6.08 Å². The van der Waals surface area contributed by atoms with Crippen molar-refractivity contribution in [1.82, 2.24) is 0 Å². The molecule has 0 nitrogen and oxygen atoms in total. The lowest BCUT2D eigenvalue weighted by atomic mass is 9.97. The van der Waals surface area contributed by atoms with E-state index in [0.717, 1.165) is 0 Å². The highest BCUT2D eigenvalue weighted by atomic mass is 35.5. The fraction of sp³-hybridized carbons (Fsp3) is 0.429. The molecule has 0 aromatic heterocycles. The summed E-state index contributed by atoms with van der Waals surface area (Å²) in [7, 11) is 0. The Hall–Kier alpha value is -0.290. The molecule has 2 unspecified atom stereocenters. The van der Waals surface area contributed by atoms with Gasteiger partial charge in [-0.3, -0.25) is 0 Å². The predicted molar refractivity (Wildman–Crippen MR) is 42.4 cm³/mol. The molecule has 1 aliphatic carbocycles. The molecule has 0 fully saturated rings. The molecule has 0 aliphatic heterocycles. The van der Waals surface area contributed by atoms with Crippen LogP contribution in [-0.4, -0.2) is 11.3 Å². The maximum Gasteiger partial charge on any atom is 0.399 e. The Labute approximate surface area is 86.0 Å². The van der Waals surface area contributed by atoms with Gasteiger partial charge in [-0.2, -0.15) is 13.2 Å². The first-order valence-electron chi connectivity index (χ1n) is 3.36. The zero-order chi connectivity index (χ0) is 11.1. The van der Waals surface area contributed by atoms with Crippen LogP contribution >= 0.6 is 23.2 Å². The summed E-state index contributed by atoms with van der Waals surface area (Å²) in [6, 6.07) is 0. The van der Waals surface area contributed by atoms with Crippen LogP contribution in [0.5, 0.6) is 0 Å². The van der Waals surface area contributed by atoms with Crippen molar-refractivity contribution in [3.8, 4) is 0 Å². The molecule has 0 spiro atoms. The first-order valence-corrected chi connectivity index (χ1v) is 4.11. The Bertz CT molecular complexity index is 302. The molecule has 2 atom stereocenters. The quantitative estimate of drug-likeness (QED) is 0.451. The van der Waals surface area contributed by atoms with Crippen LogP contribution in [0.2, 0.25) is 0 Å². The highest BCUT2D eigenvalue weighted by Gasteiger charge is 2.56. The van der Waals surface area contributed by atoms with Crippen molar-refractivity contribution in [2.24, 2.45) is 5.92 Å². The molecule has 0 heterocycles. The van der Waals surface area contributed by atoms with Crippen molar-refractivity contribution in [1.29, 1.82) is 0 Å². The minimum absolute atomic E-state index is 0.300. The SMILES string of the molecule is FC1=C(Cl)C(F)(Cl)C(C(F)(F)F)C=C1. The van der Waals surface area contributed by atoms with E-state index < -0.39 is 28.1 Å². The van der Waals surface area contributed by atoms with E-state index >= 15 is 0 Å². The molecule has 1 rings (SSSR count). The molecule has 80 valence electrons. The van der Waals surface area contributed by atoms with Crippen LogP contribution in [0.3, 0.4) is 0 Å². The average Bonchev–Trinajstić information content (AvgIpc) is 1.97. The number of allylic oxidation sites excluding steroid dienone is 4. The van der Waals surface area contributed by atoms with Gasteiger partial charge in [-0.1, -0.05) is 29.3 Å². The number of alkyl halides is 5. The van der Waals surface area contributed by atoms with Gasteiger partial charge >= 0.3 is 6.18 Å². The molecule has 0 aromatic carbocycles. The summed E-state index contributed by atoms with van der Waals surface area (Å²) in [5.74, 6) is -3.94. The van der Waals surface area contributed by atoms with Crippen LogP contribution in [0.15, 0.2) is 23.0 Å². The number of rotatable bonds is 0. The third kappa shape index (κ3) is 1.88. The molecule has 0 radical (unpaired) electrons.